The van der Waals surface area contributed by atoms with E-state index < -0.39 is 10.0 Å². The van der Waals surface area contributed by atoms with E-state index >= 15 is 0 Å². The number of hydrogen-bond acceptors (Lipinski definition) is 3. The standard InChI is InChI=1S/C13H22N2O2S/c1-5-12(6-2)15-18(16,17)13-9(3)7-11(14)8-10(13)4/h7-8,12,15H,5-6,14H2,1-4H3. The summed E-state index contributed by atoms with van der Waals surface area (Å²) in [6.07, 6.45) is 1.56. The number of nitrogens with two attached hydrogens (primary N) is 1. The van der Waals surface area contributed by atoms with Crippen LogP contribution in [0.25, 0.3) is 0 Å². The lowest BCUT2D eigenvalue weighted by Crippen LogP contribution is -2.34. The lowest BCUT2D eigenvalue weighted by atomic mass is 10.1. The summed E-state index contributed by atoms with van der Waals surface area (Å²) in [6.45, 7) is 7.48. The third kappa shape index (κ3) is 3.23. The lowest BCUT2D eigenvalue weighted by Gasteiger charge is -2.18. The molecule has 0 atom stereocenters. The van der Waals surface area contributed by atoms with Gasteiger partial charge in [0.1, 0.15) is 0 Å². The van der Waals surface area contributed by atoms with Gasteiger partial charge in [-0.25, -0.2) is 13.1 Å². The molecule has 0 aromatic heterocycles. The molecule has 0 bridgehead atoms. The van der Waals surface area contributed by atoms with Gasteiger partial charge in [-0.05, 0) is 49.9 Å². The minimum atomic E-state index is -3.47. The Bertz CT molecular complexity index is 497. The summed E-state index contributed by atoms with van der Waals surface area (Å²) in [5.41, 5.74) is 7.67. The number of hydrogen-bond donors (Lipinski definition) is 2. The molecule has 1 aromatic rings. The van der Waals surface area contributed by atoms with Crippen LogP contribution in [0.4, 0.5) is 5.69 Å². The molecule has 0 aliphatic carbocycles. The maximum absolute atomic E-state index is 12.4. The van der Waals surface area contributed by atoms with Crippen LogP contribution in [-0.2, 0) is 10.0 Å². The van der Waals surface area contributed by atoms with Gasteiger partial charge < -0.3 is 5.73 Å². The Hall–Kier alpha value is -1.07. The van der Waals surface area contributed by atoms with Crippen LogP contribution >= 0.6 is 0 Å². The molecule has 0 unspecified atom stereocenters. The second-order valence-corrected chi connectivity index (χ2v) is 6.27. The van der Waals surface area contributed by atoms with Gasteiger partial charge in [-0.3, -0.25) is 0 Å². The quantitative estimate of drug-likeness (QED) is 0.807. The molecule has 0 amide bonds. The third-order valence-corrected chi connectivity index (χ3v) is 4.88. The summed E-state index contributed by atoms with van der Waals surface area (Å²) in [7, 11) is -3.47. The molecule has 1 rings (SSSR count). The van der Waals surface area contributed by atoms with E-state index in [-0.39, 0.29) is 6.04 Å². The van der Waals surface area contributed by atoms with Gasteiger partial charge in [0.05, 0.1) is 4.90 Å². The van der Waals surface area contributed by atoms with E-state index in [1.807, 2.05) is 13.8 Å². The average Bonchev–Trinajstić information content (AvgIpc) is 2.23. The molecule has 3 N–H and O–H groups in total. The van der Waals surface area contributed by atoms with Crippen molar-refractivity contribution in [2.45, 2.75) is 51.5 Å². The van der Waals surface area contributed by atoms with Crippen LogP contribution in [0.15, 0.2) is 17.0 Å². The summed E-state index contributed by atoms with van der Waals surface area (Å²) in [4.78, 5) is 0.351. The molecule has 0 spiro atoms. The second-order valence-electron chi connectivity index (χ2n) is 4.62. The van der Waals surface area contributed by atoms with Crippen molar-refractivity contribution in [1.82, 2.24) is 4.72 Å². The Morgan fingerprint density at radius 2 is 1.61 bits per heavy atom. The first-order valence-corrected chi connectivity index (χ1v) is 7.69. The van der Waals surface area contributed by atoms with E-state index in [1.165, 1.54) is 0 Å². The zero-order valence-electron chi connectivity index (χ0n) is 11.4. The Labute approximate surface area is 110 Å². The van der Waals surface area contributed by atoms with Crippen LogP contribution in [0.3, 0.4) is 0 Å². The van der Waals surface area contributed by atoms with Crippen molar-refractivity contribution in [2.75, 3.05) is 5.73 Å². The SMILES string of the molecule is CCC(CC)NS(=O)(=O)c1c(C)cc(N)cc1C. The summed E-state index contributed by atoms with van der Waals surface area (Å²) >= 11 is 0. The van der Waals surface area contributed by atoms with Crippen molar-refractivity contribution in [1.29, 1.82) is 0 Å². The van der Waals surface area contributed by atoms with Gasteiger partial charge in [-0.2, -0.15) is 0 Å². The predicted octanol–water partition coefficient (Wildman–Crippen LogP) is 2.35. The molecule has 18 heavy (non-hydrogen) atoms. The highest BCUT2D eigenvalue weighted by molar-refractivity contribution is 7.89. The number of rotatable bonds is 5. The normalized spacial score (nSPS) is 12.1. The molecule has 4 nitrogen and oxygen atoms in total. The average molecular weight is 270 g/mol. The Kier molecular flexibility index (Phi) is 4.76. The first-order valence-electron chi connectivity index (χ1n) is 6.20. The fraction of sp³-hybridized carbons (Fsp3) is 0.538. The monoisotopic (exact) mass is 270 g/mol. The molecule has 0 heterocycles. The maximum atomic E-state index is 12.4. The van der Waals surface area contributed by atoms with Crippen molar-refractivity contribution in [3.63, 3.8) is 0 Å². The summed E-state index contributed by atoms with van der Waals surface area (Å²) < 4.78 is 27.5. The van der Waals surface area contributed by atoms with Crippen LogP contribution in [-0.4, -0.2) is 14.5 Å². The van der Waals surface area contributed by atoms with E-state index in [9.17, 15) is 8.42 Å². The van der Waals surface area contributed by atoms with Gasteiger partial charge in [0.15, 0.2) is 0 Å². The van der Waals surface area contributed by atoms with E-state index in [0.717, 1.165) is 12.8 Å². The number of benzene rings is 1. The van der Waals surface area contributed by atoms with Crippen LogP contribution in [0.1, 0.15) is 37.8 Å². The van der Waals surface area contributed by atoms with Crippen LogP contribution < -0.4 is 10.5 Å². The highest BCUT2D eigenvalue weighted by atomic mass is 32.2. The van der Waals surface area contributed by atoms with Gasteiger partial charge in [-0.1, -0.05) is 13.8 Å². The van der Waals surface area contributed by atoms with Crippen molar-refractivity contribution in [3.05, 3.63) is 23.3 Å². The maximum Gasteiger partial charge on any atom is 0.241 e. The van der Waals surface area contributed by atoms with Crippen molar-refractivity contribution >= 4 is 15.7 Å². The molecular weight excluding hydrogens is 248 g/mol. The molecule has 0 aliphatic heterocycles. The van der Waals surface area contributed by atoms with Gasteiger partial charge >= 0.3 is 0 Å². The summed E-state index contributed by atoms with van der Waals surface area (Å²) in [5, 5.41) is 0. The summed E-state index contributed by atoms with van der Waals surface area (Å²) in [6, 6.07) is 3.36. The van der Waals surface area contributed by atoms with Crippen molar-refractivity contribution < 1.29 is 8.42 Å². The molecule has 102 valence electrons. The van der Waals surface area contributed by atoms with Gasteiger partial charge in [0.25, 0.3) is 0 Å². The number of nitrogen functional groups attached to an aromatic ring is 1. The molecule has 0 saturated carbocycles. The molecule has 5 heteroatoms. The minimum absolute atomic E-state index is 0.0219. The molecule has 0 saturated heterocycles. The molecular formula is C13H22N2O2S. The molecule has 0 aliphatic rings. The largest absolute Gasteiger partial charge is 0.399 e. The van der Waals surface area contributed by atoms with Crippen molar-refractivity contribution in [2.24, 2.45) is 0 Å². The molecule has 0 radical (unpaired) electrons. The molecule has 1 aromatic carbocycles. The Balaban J connectivity index is 3.21. The fourth-order valence-corrected chi connectivity index (χ4v) is 4.00. The topological polar surface area (TPSA) is 72.2 Å². The van der Waals surface area contributed by atoms with Crippen LogP contribution in [0.5, 0.6) is 0 Å². The van der Waals surface area contributed by atoms with Gasteiger partial charge in [0, 0.05) is 11.7 Å². The van der Waals surface area contributed by atoms with E-state index in [2.05, 4.69) is 4.72 Å². The number of nitrogens with one attached hydrogen (secondary N) is 1. The first-order chi connectivity index (χ1) is 8.31. The highest BCUT2D eigenvalue weighted by Crippen LogP contribution is 2.23. The highest BCUT2D eigenvalue weighted by Gasteiger charge is 2.22. The number of anilines is 1. The molecule has 0 fully saturated rings. The van der Waals surface area contributed by atoms with E-state index in [1.54, 1.807) is 26.0 Å². The number of aryl methyl sites for hydroxylation is 2. The third-order valence-electron chi connectivity index (χ3n) is 3.06. The van der Waals surface area contributed by atoms with Crippen LogP contribution in [0.2, 0.25) is 0 Å². The van der Waals surface area contributed by atoms with Crippen molar-refractivity contribution in [3.8, 4) is 0 Å². The zero-order chi connectivity index (χ0) is 13.9. The van der Waals surface area contributed by atoms with Gasteiger partial charge in [0.2, 0.25) is 10.0 Å². The minimum Gasteiger partial charge on any atom is -0.399 e. The smallest absolute Gasteiger partial charge is 0.241 e. The first kappa shape index (κ1) is 15.0. The number of sulfonamides is 1. The summed E-state index contributed by atoms with van der Waals surface area (Å²) in [5.74, 6) is 0. The lowest BCUT2D eigenvalue weighted by molar-refractivity contribution is 0.529. The fourth-order valence-electron chi connectivity index (χ4n) is 2.14. The van der Waals surface area contributed by atoms with Crippen LogP contribution in [0, 0.1) is 13.8 Å². The Morgan fingerprint density at radius 3 is 2.00 bits per heavy atom. The second kappa shape index (κ2) is 5.71. The Morgan fingerprint density at radius 1 is 1.17 bits per heavy atom. The predicted molar refractivity (Wildman–Crippen MR) is 75.0 cm³/mol. The zero-order valence-corrected chi connectivity index (χ0v) is 12.3. The van der Waals surface area contributed by atoms with E-state index in [0.29, 0.717) is 21.7 Å². The van der Waals surface area contributed by atoms with E-state index in [4.69, 9.17) is 5.73 Å². The van der Waals surface area contributed by atoms with Gasteiger partial charge in [-0.15, -0.1) is 0 Å².